The fourth-order valence-electron chi connectivity index (χ4n) is 18.8. The standard InChI is InChI=1S/C11H21NO.C11H15NO.C10H19NO.3C9H17NO.2C8H15NO.C7H15NO/c2*1-9(2)12-7-8-13-11-6-4-3-5-10(11)12;1-8(2)11-6-7-12-10-5-3-4-9(10)11;1-7(2)10-5-9-4-3-8(10)6-11-9;1-7(2)10-8-3-4-9(10)6-11-5-8;1-7(2)10-5-8-3-4-9(6-10)11-8;1-6(2)9-4-8-3-7(9)5-10-8;1-6(2)9-4-7-3-8(5-9)10-7;1-7(2)8-3-5-9-6-4-8/h9-11H,3-8H2,1-2H3;3-6,9H,7-8H2,1-2H3;8-10H,3-7H2,1-2H3;3*7-9H,3-6H2,1-2H3;2*6-8H,3-5H2,1-2H3;7H,3-6H2,1-2H3. The molecule has 15 saturated heterocycles. The number of ether oxygens (including phenoxy) is 9. The number of hydrogen-bond donors (Lipinski definition) is 0. The predicted molar refractivity (Wildman–Crippen MR) is 409 cm³/mol. The normalized spacial score (nSPS) is 33.9. The zero-order valence-corrected chi connectivity index (χ0v) is 67.0. The topological polar surface area (TPSA) is 112 Å². The minimum atomic E-state index is 0.544. The van der Waals surface area contributed by atoms with Gasteiger partial charge in [0.05, 0.1) is 114 Å². The van der Waals surface area contributed by atoms with E-state index in [1.807, 2.05) is 12.1 Å². The molecule has 14 unspecified atom stereocenters. The fourth-order valence-corrected chi connectivity index (χ4v) is 18.8. The molecule has 578 valence electrons. The van der Waals surface area contributed by atoms with Crippen molar-refractivity contribution in [3.63, 3.8) is 0 Å². The maximum atomic E-state index is 5.82. The van der Waals surface area contributed by atoms with E-state index in [2.05, 4.69) is 181 Å². The van der Waals surface area contributed by atoms with Gasteiger partial charge in [-0.3, -0.25) is 39.2 Å². The van der Waals surface area contributed by atoms with Crippen molar-refractivity contribution in [2.45, 2.75) is 360 Å². The van der Waals surface area contributed by atoms with Crippen LogP contribution in [0.1, 0.15) is 221 Å². The van der Waals surface area contributed by atoms with Crippen molar-refractivity contribution in [1.29, 1.82) is 0 Å². The molecule has 14 atom stereocenters. The van der Waals surface area contributed by atoms with E-state index < -0.39 is 0 Å². The number of likely N-dealkylation sites (tertiary alicyclic amines) is 2. The van der Waals surface area contributed by atoms with Crippen molar-refractivity contribution >= 4 is 5.69 Å². The van der Waals surface area contributed by atoms with Gasteiger partial charge in [-0.1, -0.05) is 25.0 Å². The van der Waals surface area contributed by atoms with E-state index in [0.717, 1.165) is 160 Å². The largest absolute Gasteiger partial charge is 0.490 e. The molecular weight excluding hydrogens is 1250 g/mol. The minimum absolute atomic E-state index is 0.544. The average molecular weight is 1410 g/mol. The first-order valence-corrected chi connectivity index (χ1v) is 41.4. The highest BCUT2D eigenvalue weighted by molar-refractivity contribution is 5.60. The highest BCUT2D eigenvalue weighted by atomic mass is 16.5. The van der Waals surface area contributed by atoms with Crippen molar-refractivity contribution in [3.05, 3.63) is 24.3 Å². The summed E-state index contributed by atoms with van der Waals surface area (Å²) in [7, 11) is 0. The van der Waals surface area contributed by atoms with Crippen LogP contribution in [-0.4, -0.2) is 310 Å². The lowest BCUT2D eigenvalue weighted by Crippen LogP contribution is -2.58. The zero-order valence-electron chi connectivity index (χ0n) is 67.0. The van der Waals surface area contributed by atoms with E-state index in [-0.39, 0.29) is 0 Å². The summed E-state index contributed by atoms with van der Waals surface area (Å²) >= 11 is 0. The van der Waals surface area contributed by atoms with Gasteiger partial charge in [0.2, 0.25) is 0 Å². The Kier molecular flexibility index (Phi) is 33.7. The van der Waals surface area contributed by atoms with Crippen LogP contribution in [0.15, 0.2) is 24.3 Å². The van der Waals surface area contributed by atoms with Gasteiger partial charge in [0.1, 0.15) is 12.4 Å². The Balaban J connectivity index is 0.000000131. The molecule has 16 heterocycles. The molecule has 19 rings (SSSR count). The lowest BCUT2D eigenvalue weighted by molar-refractivity contribution is -0.185. The summed E-state index contributed by atoms with van der Waals surface area (Å²) in [4.78, 5) is 22.8. The third-order valence-electron chi connectivity index (χ3n) is 24.5. The van der Waals surface area contributed by atoms with E-state index in [0.29, 0.717) is 103 Å². The van der Waals surface area contributed by atoms with Gasteiger partial charge >= 0.3 is 0 Å². The van der Waals surface area contributed by atoms with Gasteiger partial charge in [-0.2, -0.15) is 0 Å². The van der Waals surface area contributed by atoms with Crippen molar-refractivity contribution < 1.29 is 42.6 Å². The van der Waals surface area contributed by atoms with Gasteiger partial charge in [-0.05, 0) is 214 Å². The van der Waals surface area contributed by atoms with Crippen molar-refractivity contribution in [2.24, 2.45) is 0 Å². The molecule has 10 bridgehead atoms. The molecule has 18 nitrogen and oxygen atoms in total. The first-order chi connectivity index (χ1) is 48.0. The monoisotopic (exact) mass is 1410 g/mol. The van der Waals surface area contributed by atoms with Crippen molar-refractivity contribution in [3.8, 4) is 5.75 Å². The summed E-state index contributed by atoms with van der Waals surface area (Å²) < 4.78 is 50.2. The van der Waals surface area contributed by atoms with Crippen LogP contribution in [0.2, 0.25) is 0 Å². The molecule has 17 fully saturated rings. The molecule has 2 aliphatic carbocycles. The van der Waals surface area contributed by atoms with Crippen LogP contribution in [0.3, 0.4) is 0 Å². The van der Waals surface area contributed by atoms with Crippen LogP contribution in [0.25, 0.3) is 0 Å². The summed E-state index contributed by atoms with van der Waals surface area (Å²) in [6.07, 6.45) is 24.3. The first-order valence-electron chi connectivity index (χ1n) is 41.4. The number of para-hydroxylation sites is 2. The maximum absolute atomic E-state index is 5.82. The number of fused-ring (bicyclic) bond motifs is 14. The Hall–Kier alpha value is -1.82. The number of anilines is 1. The summed E-state index contributed by atoms with van der Waals surface area (Å²) in [5.41, 5.74) is 1.23. The molecule has 100 heavy (non-hydrogen) atoms. The number of hydrogen-bond acceptors (Lipinski definition) is 18. The third-order valence-corrected chi connectivity index (χ3v) is 24.5. The van der Waals surface area contributed by atoms with Crippen LogP contribution >= 0.6 is 0 Å². The predicted octanol–water partition coefficient (Wildman–Crippen LogP) is 12.2. The van der Waals surface area contributed by atoms with Crippen LogP contribution in [0.4, 0.5) is 5.69 Å². The van der Waals surface area contributed by atoms with Crippen LogP contribution in [0, 0.1) is 0 Å². The molecule has 1 aromatic rings. The van der Waals surface area contributed by atoms with Crippen LogP contribution < -0.4 is 9.64 Å². The van der Waals surface area contributed by atoms with Gasteiger partial charge in [-0.15, -0.1) is 0 Å². The maximum Gasteiger partial charge on any atom is 0.142 e. The molecular formula is C82H151N9O9. The summed E-state index contributed by atoms with van der Waals surface area (Å²) in [5, 5.41) is 0. The second-order valence-electron chi connectivity index (χ2n) is 34.4. The van der Waals surface area contributed by atoms with Crippen molar-refractivity contribution in [2.75, 3.05) is 136 Å². The smallest absolute Gasteiger partial charge is 0.142 e. The van der Waals surface area contributed by atoms with E-state index >= 15 is 0 Å². The zero-order chi connectivity index (χ0) is 71.6. The average Bonchev–Trinajstić information content (AvgIpc) is 1.79. The lowest BCUT2D eigenvalue weighted by Gasteiger charge is -2.48. The summed E-state index contributed by atoms with van der Waals surface area (Å²) in [5.74, 6) is 1.02. The summed E-state index contributed by atoms with van der Waals surface area (Å²) in [6.45, 7) is 61.6. The molecule has 2 saturated carbocycles. The molecule has 18 aliphatic rings. The Bertz CT molecular complexity index is 2360. The third kappa shape index (κ3) is 23.8. The molecule has 16 aliphatic heterocycles. The fraction of sp³-hybridized carbons (Fsp3) is 0.927. The van der Waals surface area contributed by atoms with E-state index in [1.54, 1.807) is 0 Å². The van der Waals surface area contributed by atoms with E-state index in [4.69, 9.17) is 42.6 Å². The molecule has 1 aromatic carbocycles. The van der Waals surface area contributed by atoms with Crippen molar-refractivity contribution in [1.82, 2.24) is 39.2 Å². The molecule has 0 N–H and O–H groups in total. The Labute approximate surface area is 611 Å². The Morgan fingerprint density at radius 3 is 1.24 bits per heavy atom. The highest BCUT2D eigenvalue weighted by Gasteiger charge is 2.43. The highest BCUT2D eigenvalue weighted by Crippen LogP contribution is 2.36. The molecule has 0 aromatic heterocycles. The first kappa shape index (κ1) is 82.2. The Morgan fingerprint density at radius 2 is 0.800 bits per heavy atom. The van der Waals surface area contributed by atoms with E-state index in [1.165, 1.54) is 115 Å². The number of morpholine rings is 8. The molecule has 0 radical (unpaired) electrons. The number of nitrogens with zero attached hydrogens (tertiary/aromatic N) is 9. The van der Waals surface area contributed by atoms with Crippen LogP contribution in [0.5, 0.6) is 5.75 Å². The van der Waals surface area contributed by atoms with Gasteiger partial charge < -0.3 is 47.5 Å². The van der Waals surface area contributed by atoms with Gasteiger partial charge in [0.25, 0.3) is 0 Å². The number of benzene rings is 1. The quantitative estimate of drug-likeness (QED) is 0.233. The van der Waals surface area contributed by atoms with Gasteiger partial charge in [0, 0.05) is 162 Å². The second-order valence-corrected chi connectivity index (χ2v) is 34.4. The second kappa shape index (κ2) is 40.9. The Morgan fingerprint density at radius 1 is 0.330 bits per heavy atom. The number of piperidine rings is 2. The van der Waals surface area contributed by atoms with Gasteiger partial charge in [-0.25, -0.2) is 0 Å². The minimum Gasteiger partial charge on any atom is -0.490 e. The lowest BCUT2D eigenvalue weighted by atomic mass is 9.89. The molecule has 18 heteroatoms. The van der Waals surface area contributed by atoms with Gasteiger partial charge in [0.15, 0.2) is 0 Å². The van der Waals surface area contributed by atoms with Crippen LogP contribution in [-0.2, 0) is 37.9 Å². The van der Waals surface area contributed by atoms with E-state index in [9.17, 15) is 0 Å². The molecule has 0 spiro atoms. The summed E-state index contributed by atoms with van der Waals surface area (Å²) in [6, 6.07) is 18.7. The SMILES string of the molecule is CC(C)N1C2CCC1COC2.CC(C)N1CC2CC(C1)O2.CC(C)N1CC2CC1CO2.CC(C)N1CC2CCC(C1)O2.CC(C)N1CC2CCC1CO2.CC(C)N1CCOC2CCCC21.CC(C)N1CCOC2CCCCC21.CC(C)N1CCOCC1.CC(C)N1CCOc2ccccc21. The molecule has 0 amide bonds. The number of rotatable bonds is 9.